The highest BCUT2D eigenvalue weighted by atomic mass is 35.5. The summed E-state index contributed by atoms with van der Waals surface area (Å²) in [6, 6.07) is 5.31. The summed E-state index contributed by atoms with van der Waals surface area (Å²) in [6.07, 6.45) is -8.30. The molecule has 0 spiro atoms. The number of halogens is 8. The zero-order chi connectivity index (χ0) is 30.5. The lowest BCUT2D eigenvalue weighted by atomic mass is 10.0. The van der Waals surface area contributed by atoms with Gasteiger partial charge in [0.25, 0.3) is 0 Å². The van der Waals surface area contributed by atoms with Crippen molar-refractivity contribution in [3.8, 4) is 11.3 Å². The maximum atomic E-state index is 13.3. The van der Waals surface area contributed by atoms with Crippen molar-refractivity contribution < 1.29 is 40.6 Å². The zero-order valence-electron chi connectivity index (χ0n) is 21.7. The average Bonchev–Trinajstić information content (AvgIpc) is 2.88. The van der Waals surface area contributed by atoms with E-state index >= 15 is 0 Å². The van der Waals surface area contributed by atoms with Gasteiger partial charge in [-0.05, 0) is 56.1 Å². The number of nitrogens with one attached hydrogen (secondary N) is 1. The van der Waals surface area contributed by atoms with E-state index in [-0.39, 0.29) is 34.5 Å². The van der Waals surface area contributed by atoms with Crippen molar-refractivity contribution in [2.24, 2.45) is 0 Å². The molecule has 1 aliphatic rings. The first kappa shape index (κ1) is 32.0. The lowest BCUT2D eigenvalue weighted by Crippen LogP contribution is -2.45. The molecule has 15 heteroatoms. The van der Waals surface area contributed by atoms with Gasteiger partial charge in [-0.25, -0.2) is 19.2 Å². The molecular weight excluding hydrogens is 583 g/mol. The number of hydrogen-bond acceptors (Lipinski definition) is 6. The molecule has 0 bridgehead atoms. The van der Waals surface area contributed by atoms with Crippen LogP contribution in [0.1, 0.15) is 27.0 Å². The highest BCUT2D eigenvalue weighted by molar-refractivity contribution is 6.33. The summed E-state index contributed by atoms with van der Waals surface area (Å²) in [5, 5.41) is 12.0. The molecule has 0 atom stereocenters. The quantitative estimate of drug-likeness (QED) is 0.353. The number of carboxylic acids is 1. The van der Waals surface area contributed by atoms with Gasteiger partial charge in [0.15, 0.2) is 0 Å². The highest BCUT2D eigenvalue weighted by Gasteiger charge is 2.36. The van der Waals surface area contributed by atoms with Crippen LogP contribution < -0.4 is 10.2 Å². The third kappa shape index (κ3) is 8.50. The predicted molar refractivity (Wildman–Crippen MR) is 138 cm³/mol. The van der Waals surface area contributed by atoms with Crippen LogP contribution in [0.2, 0.25) is 5.02 Å². The van der Waals surface area contributed by atoms with Gasteiger partial charge in [0.1, 0.15) is 11.4 Å². The summed E-state index contributed by atoms with van der Waals surface area (Å²) >= 11 is 6.08. The standard InChI is InChI=1S/C16H16ClFN4O2.C10H9F6N/c1-21-4-6-22(7-5-21)16-19-9-12(15(23)24)14(20-16)11-3-2-10(18)8-13(11)17;1-17-5-6-2-7(9(11,12)13)4-8(3-6)10(14,15)16/h2-3,8-9H,4-7H2,1H3,(H,23,24);2-4,17H,5H2,1H3. The van der Waals surface area contributed by atoms with Crippen molar-refractivity contribution in [2.75, 3.05) is 45.2 Å². The molecular formula is C26H25ClF7N5O2. The van der Waals surface area contributed by atoms with E-state index in [2.05, 4.69) is 20.2 Å². The molecule has 0 aliphatic carbocycles. The number of likely N-dealkylation sites (N-methyl/N-ethyl adjacent to an activating group) is 1. The van der Waals surface area contributed by atoms with Crippen LogP contribution in [-0.2, 0) is 18.9 Å². The summed E-state index contributed by atoms with van der Waals surface area (Å²) < 4.78 is 87.6. The first-order valence-corrected chi connectivity index (χ1v) is 12.4. The molecule has 1 saturated heterocycles. The minimum Gasteiger partial charge on any atom is -0.478 e. The molecule has 0 saturated carbocycles. The second-order valence-corrected chi connectivity index (χ2v) is 9.50. The van der Waals surface area contributed by atoms with Crippen LogP contribution >= 0.6 is 11.6 Å². The van der Waals surface area contributed by atoms with E-state index in [0.29, 0.717) is 23.6 Å². The number of benzene rings is 2. The Morgan fingerprint density at radius 3 is 2.07 bits per heavy atom. The Bertz CT molecular complexity index is 1350. The second-order valence-electron chi connectivity index (χ2n) is 9.10. The number of carbonyl (C=O) groups is 1. The fourth-order valence-corrected chi connectivity index (χ4v) is 4.16. The number of rotatable bonds is 5. The molecule has 4 rings (SSSR count). The van der Waals surface area contributed by atoms with Crippen LogP contribution in [0, 0.1) is 5.82 Å². The third-order valence-electron chi connectivity index (χ3n) is 6.01. The minimum absolute atomic E-state index is 0.0605. The number of aromatic nitrogens is 2. The molecule has 0 amide bonds. The largest absolute Gasteiger partial charge is 0.478 e. The zero-order valence-corrected chi connectivity index (χ0v) is 22.5. The molecule has 1 aliphatic heterocycles. The Morgan fingerprint density at radius 2 is 1.59 bits per heavy atom. The molecule has 2 heterocycles. The van der Waals surface area contributed by atoms with Crippen LogP contribution in [0.4, 0.5) is 36.7 Å². The van der Waals surface area contributed by atoms with E-state index in [9.17, 15) is 40.6 Å². The predicted octanol–water partition coefficient (Wildman–Crippen LogP) is 5.83. The SMILES string of the molecule is CN1CCN(c2ncc(C(=O)O)c(-c3ccc(F)cc3Cl)n2)CC1.CNCc1cc(C(F)(F)F)cc(C(F)(F)F)c1. The number of hydrogen-bond donors (Lipinski definition) is 2. The number of piperazine rings is 1. The van der Waals surface area contributed by atoms with E-state index in [1.807, 2.05) is 11.9 Å². The van der Waals surface area contributed by atoms with Crippen molar-refractivity contribution in [3.05, 3.63) is 75.7 Å². The number of alkyl halides is 6. The van der Waals surface area contributed by atoms with Crippen LogP contribution in [0.15, 0.2) is 42.6 Å². The van der Waals surface area contributed by atoms with Gasteiger partial charge in [-0.1, -0.05) is 11.6 Å². The number of aromatic carboxylic acids is 1. The van der Waals surface area contributed by atoms with Crippen LogP contribution in [0.3, 0.4) is 0 Å². The van der Waals surface area contributed by atoms with Crippen molar-refractivity contribution in [1.82, 2.24) is 20.2 Å². The van der Waals surface area contributed by atoms with E-state index in [4.69, 9.17) is 11.6 Å². The van der Waals surface area contributed by atoms with Gasteiger partial charge < -0.3 is 20.2 Å². The van der Waals surface area contributed by atoms with Gasteiger partial charge in [0.05, 0.1) is 21.8 Å². The van der Waals surface area contributed by atoms with Crippen LogP contribution in [-0.4, -0.2) is 66.2 Å². The van der Waals surface area contributed by atoms with Crippen molar-refractivity contribution >= 4 is 23.5 Å². The molecule has 2 aromatic carbocycles. The number of carboxylic acid groups (broad SMARTS) is 1. The van der Waals surface area contributed by atoms with Gasteiger partial charge in [0, 0.05) is 44.5 Å². The Kier molecular flexibility index (Phi) is 10.2. The van der Waals surface area contributed by atoms with Crippen LogP contribution in [0.5, 0.6) is 0 Å². The summed E-state index contributed by atoms with van der Waals surface area (Å²) in [6.45, 7) is 3.18. The highest BCUT2D eigenvalue weighted by Crippen LogP contribution is 2.36. The van der Waals surface area contributed by atoms with Crippen molar-refractivity contribution in [3.63, 3.8) is 0 Å². The summed E-state index contributed by atoms with van der Waals surface area (Å²) in [5.41, 5.74) is -2.16. The molecule has 1 fully saturated rings. The first-order chi connectivity index (χ1) is 19.1. The molecule has 41 heavy (non-hydrogen) atoms. The average molecular weight is 608 g/mol. The smallest absolute Gasteiger partial charge is 0.416 e. The monoisotopic (exact) mass is 607 g/mol. The van der Waals surface area contributed by atoms with Gasteiger partial charge in [-0.3, -0.25) is 0 Å². The summed E-state index contributed by atoms with van der Waals surface area (Å²) in [5.74, 6) is -1.20. The molecule has 222 valence electrons. The fourth-order valence-electron chi connectivity index (χ4n) is 3.90. The van der Waals surface area contributed by atoms with E-state index in [0.717, 1.165) is 32.2 Å². The minimum atomic E-state index is -4.79. The van der Waals surface area contributed by atoms with Gasteiger partial charge in [0.2, 0.25) is 5.95 Å². The topological polar surface area (TPSA) is 81.6 Å². The lowest BCUT2D eigenvalue weighted by molar-refractivity contribution is -0.143. The lowest BCUT2D eigenvalue weighted by Gasteiger charge is -2.32. The Hall–Kier alpha value is -3.49. The summed E-state index contributed by atoms with van der Waals surface area (Å²) in [4.78, 5) is 24.3. The van der Waals surface area contributed by atoms with Gasteiger partial charge in [-0.15, -0.1) is 0 Å². The maximum absolute atomic E-state index is 13.3. The number of nitrogens with zero attached hydrogens (tertiary/aromatic N) is 4. The van der Waals surface area contributed by atoms with Crippen LogP contribution in [0.25, 0.3) is 11.3 Å². The fraction of sp³-hybridized carbons (Fsp3) is 0.346. The van der Waals surface area contributed by atoms with E-state index in [1.165, 1.54) is 25.4 Å². The molecule has 0 radical (unpaired) electrons. The molecule has 1 aromatic heterocycles. The van der Waals surface area contributed by atoms with Gasteiger partial charge >= 0.3 is 18.3 Å². The second kappa shape index (κ2) is 13.0. The Balaban J connectivity index is 0.000000241. The number of anilines is 1. The first-order valence-electron chi connectivity index (χ1n) is 12.0. The Labute approximate surface area is 235 Å². The molecule has 3 aromatic rings. The normalized spacial score (nSPS) is 14.4. The van der Waals surface area contributed by atoms with E-state index in [1.54, 1.807) is 0 Å². The van der Waals surface area contributed by atoms with Crippen molar-refractivity contribution in [2.45, 2.75) is 18.9 Å². The molecule has 7 nitrogen and oxygen atoms in total. The molecule has 0 unspecified atom stereocenters. The molecule has 2 N–H and O–H groups in total. The summed E-state index contributed by atoms with van der Waals surface area (Å²) in [7, 11) is 3.48. The Morgan fingerprint density at radius 1 is 1.00 bits per heavy atom. The van der Waals surface area contributed by atoms with Crippen molar-refractivity contribution in [1.29, 1.82) is 0 Å². The van der Waals surface area contributed by atoms with Gasteiger partial charge in [-0.2, -0.15) is 26.3 Å². The maximum Gasteiger partial charge on any atom is 0.416 e. The third-order valence-corrected chi connectivity index (χ3v) is 6.32. The van der Waals surface area contributed by atoms with E-state index < -0.39 is 35.3 Å².